The monoisotopic (exact) mass is 446 g/mol. The summed E-state index contributed by atoms with van der Waals surface area (Å²) in [6.45, 7) is 7.25. The van der Waals surface area contributed by atoms with E-state index in [2.05, 4.69) is 32.2 Å². The van der Waals surface area contributed by atoms with Crippen LogP contribution < -0.4 is 15.0 Å². The van der Waals surface area contributed by atoms with Crippen molar-refractivity contribution in [2.75, 3.05) is 18.1 Å². The van der Waals surface area contributed by atoms with Crippen molar-refractivity contribution >= 4 is 17.5 Å². The van der Waals surface area contributed by atoms with Gasteiger partial charge in [0, 0.05) is 6.54 Å². The molecule has 1 N–H and O–H groups in total. The second kappa shape index (κ2) is 9.53. The number of nitrogens with one attached hydrogen (secondary N) is 1. The van der Waals surface area contributed by atoms with E-state index in [-0.39, 0.29) is 36.1 Å². The van der Waals surface area contributed by atoms with Crippen LogP contribution in [-0.4, -0.2) is 25.0 Å². The van der Waals surface area contributed by atoms with E-state index in [4.69, 9.17) is 9.15 Å². The van der Waals surface area contributed by atoms with Crippen LogP contribution >= 0.6 is 0 Å². The smallest absolute Gasteiger partial charge is 0.287 e. The van der Waals surface area contributed by atoms with E-state index < -0.39 is 0 Å². The first-order chi connectivity index (χ1) is 15.9. The molecule has 0 saturated carbocycles. The largest absolute Gasteiger partial charge is 0.482 e. The number of nitrogens with zero attached hydrogens (tertiary/aromatic N) is 1. The van der Waals surface area contributed by atoms with Gasteiger partial charge in [-0.3, -0.25) is 14.5 Å². The van der Waals surface area contributed by atoms with Gasteiger partial charge in [0.25, 0.3) is 11.8 Å². The van der Waals surface area contributed by atoms with E-state index in [0.29, 0.717) is 18.1 Å². The number of hydrogen-bond donors (Lipinski definition) is 1. The Bertz CT molecular complexity index is 1130. The Morgan fingerprint density at radius 2 is 1.88 bits per heavy atom. The molecule has 1 aliphatic rings. The lowest BCUT2D eigenvalue weighted by Crippen LogP contribution is -2.38. The van der Waals surface area contributed by atoms with Gasteiger partial charge in [0.15, 0.2) is 12.4 Å². The number of benzene rings is 2. The Morgan fingerprint density at radius 1 is 1.09 bits per heavy atom. The standard InChI is InChI=1S/C27H30N2O4/c1-4-27(2,3)20-10-12-23-22(16-20)29(25(30)18-32-23)17-21-11-13-24(33-21)26(31)28-15-14-19-8-6-5-7-9-19/h5-13,16H,4,14-15,17-18H2,1-3H3,(H,28,31). The topological polar surface area (TPSA) is 71.8 Å². The third-order valence-electron chi connectivity index (χ3n) is 6.31. The third kappa shape index (κ3) is 5.11. The molecule has 0 fully saturated rings. The summed E-state index contributed by atoms with van der Waals surface area (Å²) in [7, 11) is 0. The highest BCUT2D eigenvalue weighted by Gasteiger charge is 2.29. The van der Waals surface area contributed by atoms with E-state index in [9.17, 15) is 9.59 Å². The number of rotatable bonds is 8. The van der Waals surface area contributed by atoms with E-state index in [1.807, 2.05) is 42.5 Å². The van der Waals surface area contributed by atoms with Crippen LogP contribution in [0.4, 0.5) is 5.69 Å². The molecule has 4 rings (SSSR count). The van der Waals surface area contributed by atoms with Crippen LogP contribution in [0.2, 0.25) is 0 Å². The number of carbonyl (C=O) groups is 2. The van der Waals surface area contributed by atoms with Gasteiger partial charge in [-0.05, 0) is 53.6 Å². The average molecular weight is 447 g/mol. The molecule has 6 heteroatoms. The SMILES string of the molecule is CCC(C)(C)c1ccc2c(c1)N(Cc1ccc(C(=O)NCCc3ccccc3)o1)C(=O)CO2. The highest BCUT2D eigenvalue weighted by molar-refractivity contribution is 5.98. The van der Waals surface area contributed by atoms with Crippen molar-refractivity contribution < 1.29 is 18.7 Å². The molecular weight excluding hydrogens is 416 g/mol. The maximum atomic E-state index is 12.7. The number of fused-ring (bicyclic) bond motifs is 1. The average Bonchev–Trinajstić information content (AvgIpc) is 3.30. The molecule has 0 spiro atoms. The zero-order valence-corrected chi connectivity index (χ0v) is 19.4. The van der Waals surface area contributed by atoms with Crippen LogP contribution in [0.5, 0.6) is 5.75 Å². The molecule has 0 aliphatic carbocycles. The number of hydrogen-bond acceptors (Lipinski definition) is 4. The number of carbonyl (C=O) groups excluding carboxylic acids is 2. The van der Waals surface area contributed by atoms with Crippen LogP contribution in [0.3, 0.4) is 0 Å². The molecule has 2 aromatic carbocycles. The molecular formula is C27H30N2O4. The Kier molecular flexibility index (Phi) is 6.54. The predicted molar refractivity (Wildman–Crippen MR) is 128 cm³/mol. The van der Waals surface area contributed by atoms with Gasteiger partial charge in [-0.25, -0.2) is 0 Å². The van der Waals surface area contributed by atoms with Crippen molar-refractivity contribution in [3.05, 3.63) is 83.3 Å². The number of amides is 2. The first-order valence-electron chi connectivity index (χ1n) is 11.4. The molecule has 3 aromatic rings. The summed E-state index contributed by atoms with van der Waals surface area (Å²) in [5, 5.41) is 2.89. The van der Waals surface area contributed by atoms with Crippen LogP contribution in [0.15, 0.2) is 65.1 Å². The van der Waals surface area contributed by atoms with Crippen LogP contribution in [0, 0.1) is 0 Å². The summed E-state index contributed by atoms with van der Waals surface area (Å²) in [6, 6.07) is 19.4. The number of anilines is 1. The summed E-state index contributed by atoms with van der Waals surface area (Å²) in [6.07, 6.45) is 1.72. The summed E-state index contributed by atoms with van der Waals surface area (Å²) in [5.41, 5.74) is 3.02. The van der Waals surface area contributed by atoms with E-state index in [1.54, 1.807) is 17.0 Å². The maximum Gasteiger partial charge on any atom is 0.287 e. The van der Waals surface area contributed by atoms with Gasteiger partial charge in [0.2, 0.25) is 0 Å². The van der Waals surface area contributed by atoms with Gasteiger partial charge < -0.3 is 14.5 Å². The minimum atomic E-state index is -0.266. The Balaban J connectivity index is 1.45. The minimum absolute atomic E-state index is 0.0168. The Morgan fingerprint density at radius 3 is 2.64 bits per heavy atom. The lowest BCUT2D eigenvalue weighted by Gasteiger charge is -2.31. The molecule has 0 atom stereocenters. The van der Waals surface area contributed by atoms with Crippen LogP contribution in [0.25, 0.3) is 0 Å². The molecule has 33 heavy (non-hydrogen) atoms. The molecule has 0 saturated heterocycles. The second-order valence-corrected chi connectivity index (χ2v) is 8.95. The van der Waals surface area contributed by atoms with Crippen LogP contribution in [0.1, 0.15) is 54.6 Å². The Hall–Kier alpha value is -3.54. The van der Waals surface area contributed by atoms with Crippen molar-refractivity contribution in [2.45, 2.75) is 45.6 Å². The first-order valence-corrected chi connectivity index (χ1v) is 11.4. The van der Waals surface area contributed by atoms with E-state index in [0.717, 1.165) is 29.7 Å². The fourth-order valence-corrected chi connectivity index (χ4v) is 3.79. The normalized spacial score (nSPS) is 13.4. The van der Waals surface area contributed by atoms with Crippen molar-refractivity contribution in [3.63, 3.8) is 0 Å². The minimum Gasteiger partial charge on any atom is -0.482 e. The summed E-state index contributed by atoms with van der Waals surface area (Å²) < 4.78 is 11.4. The van der Waals surface area contributed by atoms with Crippen molar-refractivity contribution in [2.24, 2.45) is 0 Å². The number of furan rings is 1. The molecule has 172 valence electrons. The molecule has 0 bridgehead atoms. The molecule has 6 nitrogen and oxygen atoms in total. The van der Waals surface area contributed by atoms with Gasteiger partial charge in [-0.15, -0.1) is 0 Å². The zero-order chi connectivity index (χ0) is 23.4. The lowest BCUT2D eigenvalue weighted by atomic mass is 9.82. The maximum absolute atomic E-state index is 12.7. The lowest BCUT2D eigenvalue weighted by molar-refractivity contribution is -0.121. The fourth-order valence-electron chi connectivity index (χ4n) is 3.79. The highest BCUT2D eigenvalue weighted by Crippen LogP contribution is 2.38. The molecule has 0 radical (unpaired) electrons. The molecule has 1 aliphatic heterocycles. The summed E-state index contributed by atoms with van der Waals surface area (Å²) >= 11 is 0. The van der Waals surface area contributed by atoms with Gasteiger partial charge in [-0.1, -0.05) is 57.2 Å². The van der Waals surface area contributed by atoms with Crippen molar-refractivity contribution in [3.8, 4) is 5.75 Å². The number of ether oxygens (including phenoxy) is 1. The van der Waals surface area contributed by atoms with Gasteiger partial charge in [0.1, 0.15) is 11.5 Å². The second-order valence-electron chi connectivity index (χ2n) is 8.95. The molecule has 2 heterocycles. The molecule has 2 amide bonds. The predicted octanol–water partition coefficient (Wildman–Crippen LogP) is 4.87. The zero-order valence-electron chi connectivity index (χ0n) is 19.4. The van der Waals surface area contributed by atoms with Crippen molar-refractivity contribution in [1.82, 2.24) is 5.32 Å². The highest BCUT2D eigenvalue weighted by atomic mass is 16.5. The first kappa shape index (κ1) is 22.6. The van der Waals surface area contributed by atoms with Gasteiger partial charge in [-0.2, -0.15) is 0 Å². The van der Waals surface area contributed by atoms with Gasteiger partial charge in [0.05, 0.1) is 12.2 Å². The molecule has 1 aromatic heterocycles. The fraction of sp³-hybridized carbons (Fsp3) is 0.333. The quantitative estimate of drug-likeness (QED) is 0.536. The molecule has 0 unspecified atom stereocenters. The summed E-state index contributed by atoms with van der Waals surface area (Å²) in [4.78, 5) is 26.8. The van der Waals surface area contributed by atoms with Crippen molar-refractivity contribution in [1.29, 1.82) is 0 Å². The van der Waals surface area contributed by atoms with Gasteiger partial charge >= 0.3 is 0 Å². The summed E-state index contributed by atoms with van der Waals surface area (Å²) in [5.74, 6) is 1.05. The van der Waals surface area contributed by atoms with E-state index >= 15 is 0 Å². The van der Waals surface area contributed by atoms with Crippen LogP contribution in [-0.2, 0) is 23.2 Å². The Labute approximate surface area is 194 Å². The third-order valence-corrected chi connectivity index (χ3v) is 6.31. The van der Waals surface area contributed by atoms with E-state index in [1.165, 1.54) is 0 Å².